The number of nitrogen functional groups attached to an aromatic ring is 1. The number of fused-ring (bicyclic) bond motifs is 1. The van der Waals surface area contributed by atoms with Crippen LogP contribution in [0.25, 0.3) is 0 Å². The number of carbonyl (C=O) groups is 1. The first-order chi connectivity index (χ1) is 17.9. The van der Waals surface area contributed by atoms with E-state index >= 15 is 0 Å². The molecular formula is C28H39N7O2. The van der Waals surface area contributed by atoms with Crippen LogP contribution in [0.1, 0.15) is 64.1 Å². The Bertz CT molecular complexity index is 1180. The van der Waals surface area contributed by atoms with Gasteiger partial charge in [-0.2, -0.15) is 0 Å². The highest BCUT2D eigenvalue weighted by Gasteiger charge is 2.49. The first kappa shape index (κ1) is 25.4. The van der Waals surface area contributed by atoms with E-state index in [0.29, 0.717) is 24.3 Å². The van der Waals surface area contributed by atoms with Gasteiger partial charge < -0.3 is 25.6 Å². The summed E-state index contributed by atoms with van der Waals surface area (Å²) in [4.78, 5) is 25.2. The van der Waals surface area contributed by atoms with E-state index in [1.807, 2.05) is 23.1 Å². The van der Waals surface area contributed by atoms with Crippen LogP contribution in [-0.2, 0) is 16.0 Å². The van der Waals surface area contributed by atoms with Gasteiger partial charge in [0.1, 0.15) is 11.5 Å². The summed E-state index contributed by atoms with van der Waals surface area (Å²) in [6.45, 7) is 9.39. The third-order valence-corrected chi connectivity index (χ3v) is 8.59. The number of piperidine rings is 1. The van der Waals surface area contributed by atoms with E-state index in [1.165, 1.54) is 6.92 Å². The number of nitrogens with one attached hydrogen (secondary N) is 2. The average Bonchev–Trinajstić information content (AvgIpc) is 3.24. The molecule has 198 valence electrons. The van der Waals surface area contributed by atoms with Gasteiger partial charge in [0.15, 0.2) is 11.7 Å². The minimum absolute atomic E-state index is 0.106. The molecule has 3 aliphatic heterocycles. The normalized spacial score (nSPS) is 22.7. The molecule has 2 aromatic rings. The third kappa shape index (κ3) is 4.65. The number of carbonyl (C=O) groups excluding carboxylic acids is 1. The van der Waals surface area contributed by atoms with E-state index in [9.17, 15) is 4.79 Å². The monoisotopic (exact) mass is 505 g/mol. The maximum atomic E-state index is 11.7. The summed E-state index contributed by atoms with van der Waals surface area (Å²) in [6.07, 6.45) is 8.26. The molecule has 1 aromatic carbocycles. The molecule has 9 heteroatoms. The molecule has 0 bridgehead atoms. The van der Waals surface area contributed by atoms with Crippen LogP contribution >= 0.6 is 0 Å². The third-order valence-electron chi connectivity index (χ3n) is 8.59. The largest absolute Gasteiger partial charge is 0.382 e. The highest BCUT2D eigenvalue weighted by atomic mass is 16.5. The molecule has 37 heavy (non-hydrogen) atoms. The number of hydrogen-bond acceptors (Lipinski definition) is 7. The van der Waals surface area contributed by atoms with Gasteiger partial charge in [-0.1, -0.05) is 26.3 Å². The van der Waals surface area contributed by atoms with Gasteiger partial charge in [-0.15, -0.1) is 0 Å². The number of amides is 1. The Labute approximate surface area is 219 Å². The number of nitrogens with zero attached hydrogens (tertiary/aromatic N) is 4. The maximum absolute atomic E-state index is 11.7. The van der Waals surface area contributed by atoms with E-state index in [0.717, 1.165) is 81.0 Å². The number of hydrogen-bond donors (Lipinski definition) is 3. The second kappa shape index (κ2) is 10.3. The second-order valence-electron chi connectivity index (χ2n) is 10.7. The first-order valence-corrected chi connectivity index (χ1v) is 13.6. The quantitative estimate of drug-likeness (QED) is 0.411. The van der Waals surface area contributed by atoms with Gasteiger partial charge in [0.05, 0.1) is 18.9 Å². The van der Waals surface area contributed by atoms with E-state index in [2.05, 4.69) is 29.0 Å². The van der Waals surface area contributed by atoms with Gasteiger partial charge >= 0.3 is 0 Å². The van der Waals surface area contributed by atoms with Crippen molar-refractivity contribution < 1.29 is 9.53 Å². The average molecular weight is 506 g/mol. The van der Waals surface area contributed by atoms with E-state index < -0.39 is 0 Å². The molecule has 4 heterocycles. The topological polar surface area (TPSA) is 120 Å². The summed E-state index contributed by atoms with van der Waals surface area (Å²) >= 11 is 0. The predicted molar refractivity (Wildman–Crippen MR) is 147 cm³/mol. The zero-order chi connectivity index (χ0) is 26.2. The minimum Gasteiger partial charge on any atom is -0.382 e. The smallest absolute Gasteiger partial charge is 0.221 e. The van der Waals surface area contributed by atoms with Crippen LogP contribution in [0.5, 0.6) is 0 Å². The molecule has 2 saturated heterocycles. The Hall–Kier alpha value is -3.20. The standard InChI is InChI=1S/C28H39N7O2/c1-4-20-23(5-2)37-17-28(20)11-14-34(15-12-28)24-16-31-25(26(29)33-24)27(30)35-13-7-8-19-21(32-18(3)36)9-6-10-22(19)35/h6,9-10,16,20,23,30H,4-5,7-8,11-15,17H2,1-3H3,(H2,29,33)(H,32,36)/t20-,23+/m1/s1. The van der Waals surface area contributed by atoms with Crippen molar-refractivity contribution in [1.29, 1.82) is 5.41 Å². The predicted octanol–water partition coefficient (Wildman–Crippen LogP) is 4.22. The zero-order valence-corrected chi connectivity index (χ0v) is 22.2. The fourth-order valence-corrected chi connectivity index (χ4v) is 6.71. The van der Waals surface area contributed by atoms with Crippen molar-refractivity contribution in [1.82, 2.24) is 9.97 Å². The molecule has 0 unspecified atom stereocenters. The fraction of sp³-hybridized carbons (Fsp3) is 0.571. The number of nitrogens with two attached hydrogens (primary N) is 1. The lowest BCUT2D eigenvalue weighted by Gasteiger charge is -2.43. The molecule has 1 aromatic heterocycles. The Kier molecular flexibility index (Phi) is 7.07. The van der Waals surface area contributed by atoms with Crippen molar-refractivity contribution >= 4 is 34.8 Å². The molecule has 0 aliphatic carbocycles. The molecule has 1 spiro atoms. The number of ether oxygens (including phenoxy) is 1. The summed E-state index contributed by atoms with van der Waals surface area (Å²) in [5, 5.41) is 11.9. The highest BCUT2D eigenvalue weighted by molar-refractivity contribution is 6.10. The molecular weight excluding hydrogens is 466 g/mol. The van der Waals surface area contributed by atoms with Crippen LogP contribution in [0.2, 0.25) is 0 Å². The van der Waals surface area contributed by atoms with Crippen molar-refractivity contribution in [3.63, 3.8) is 0 Å². The van der Waals surface area contributed by atoms with Gasteiger partial charge in [0, 0.05) is 43.3 Å². The van der Waals surface area contributed by atoms with Crippen molar-refractivity contribution in [3.8, 4) is 0 Å². The van der Waals surface area contributed by atoms with E-state index in [-0.39, 0.29) is 23.0 Å². The van der Waals surface area contributed by atoms with Crippen LogP contribution in [-0.4, -0.2) is 54.1 Å². The second-order valence-corrected chi connectivity index (χ2v) is 10.7. The summed E-state index contributed by atoms with van der Waals surface area (Å²) in [7, 11) is 0. The number of benzene rings is 1. The number of anilines is 4. The SMILES string of the molecule is CC[C@@H]1OCC2(CCN(c3cnc(C(=N)N4CCCc5c(NC(C)=O)cccc54)c(N)n3)CC2)[C@@H]1CC. The molecule has 3 aliphatic rings. The molecule has 4 N–H and O–H groups in total. The van der Waals surface area contributed by atoms with Crippen LogP contribution in [0, 0.1) is 16.7 Å². The van der Waals surface area contributed by atoms with E-state index in [4.69, 9.17) is 20.9 Å². The first-order valence-electron chi connectivity index (χ1n) is 13.6. The van der Waals surface area contributed by atoms with Crippen molar-refractivity contribution in [3.05, 3.63) is 35.7 Å². The van der Waals surface area contributed by atoms with Gasteiger partial charge in [0.2, 0.25) is 5.91 Å². The molecule has 0 radical (unpaired) electrons. The molecule has 1 amide bonds. The Balaban J connectivity index is 1.31. The van der Waals surface area contributed by atoms with Crippen LogP contribution in [0.4, 0.5) is 23.0 Å². The van der Waals surface area contributed by atoms with Gasteiger partial charge in [-0.25, -0.2) is 9.97 Å². The lowest BCUT2D eigenvalue weighted by atomic mass is 9.67. The van der Waals surface area contributed by atoms with Crippen molar-refractivity contribution in [2.75, 3.05) is 47.1 Å². The van der Waals surface area contributed by atoms with Gasteiger partial charge in [-0.3, -0.25) is 10.2 Å². The van der Waals surface area contributed by atoms with Crippen LogP contribution in [0.3, 0.4) is 0 Å². The Morgan fingerprint density at radius 3 is 2.70 bits per heavy atom. The zero-order valence-electron chi connectivity index (χ0n) is 22.2. The Morgan fingerprint density at radius 1 is 1.24 bits per heavy atom. The minimum atomic E-state index is -0.106. The lowest BCUT2D eigenvalue weighted by molar-refractivity contribution is -0.114. The number of aromatic nitrogens is 2. The molecule has 9 nitrogen and oxygen atoms in total. The number of amidine groups is 1. The van der Waals surface area contributed by atoms with Crippen molar-refractivity contribution in [2.24, 2.45) is 11.3 Å². The summed E-state index contributed by atoms with van der Waals surface area (Å²) in [5.74, 6) is 1.79. The summed E-state index contributed by atoms with van der Waals surface area (Å²) in [5.41, 5.74) is 9.79. The molecule has 0 saturated carbocycles. The number of rotatable bonds is 5. The highest BCUT2D eigenvalue weighted by Crippen LogP contribution is 2.49. The van der Waals surface area contributed by atoms with Crippen LogP contribution in [0.15, 0.2) is 24.4 Å². The van der Waals surface area contributed by atoms with Crippen LogP contribution < -0.4 is 20.9 Å². The van der Waals surface area contributed by atoms with Crippen molar-refractivity contribution in [2.45, 2.75) is 65.4 Å². The van der Waals surface area contributed by atoms with Gasteiger partial charge in [-0.05, 0) is 55.7 Å². The molecule has 5 rings (SSSR count). The summed E-state index contributed by atoms with van der Waals surface area (Å²) < 4.78 is 6.19. The Morgan fingerprint density at radius 2 is 2.03 bits per heavy atom. The fourth-order valence-electron chi connectivity index (χ4n) is 6.71. The van der Waals surface area contributed by atoms with E-state index in [1.54, 1.807) is 6.20 Å². The molecule has 2 fully saturated rings. The summed E-state index contributed by atoms with van der Waals surface area (Å²) in [6, 6.07) is 5.79. The van der Waals surface area contributed by atoms with Gasteiger partial charge in [0.25, 0.3) is 0 Å². The lowest BCUT2D eigenvalue weighted by Crippen LogP contribution is -2.45. The molecule has 2 atom stereocenters. The maximum Gasteiger partial charge on any atom is 0.221 e.